The summed E-state index contributed by atoms with van der Waals surface area (Å²) >= 11 is 0. The molecule has 190 valence electrons. The zero-order chi connectivity index (χ0) is 25.7. The number of H-pyrrole nitrogens is 1. The van der Waals surface area contributed by atoms with E-state index in [4.69, 9.17) is 4.42 Å². The summed E-state index contributed by atoms with van der Waals surface area (Å²) in [5.74, 6) is 0.381. The van der Waals surface area contributed by atoms with Crippen LogP contribution in [0.2, 0.25) is 0 Å². The molecule has 0 aliphatic carbocycles. The van der Waals surface area contributed by atoms with Crippen LogP contribution < -0.4 is 5.32 Å². The molecule has 2 aromatic carbocycles. The van der Waals surface area contributed by atoms with Crippen LogP contribution in [0.5, 0.6) is 0 Å². The van der Waals surface area contributed by atoms with E-state index in [0.29, 0.717) is 44.4 Å². The molecule has 4 rings (SSSR count). The fourth-order valence-corrected chi connectivity index (χ4v) is 3.95. The van der Waals surface area contributed by atoms with Gasteiger partial charge in [-0.1, -0.05) is 44.2 Å². The first kappa shape index (κ1) is 25.5. The Bertz CT molecular complexity index is 1290. The van der Waals surface area contributed by atoms with Crippen molar-refractivity contribution in [3.8, 4) is 0 Å². The average Bonchev–Trinajstić information content (AvgIpc) is 3.48. The Morgan fingerprint density at radius 2 is 1.86 bits per heavy atom. The molecule has 0 saturated heterocycles. The number of nitrogens with zero attached hydrogens (tertiary/aromatic N) is 2. The van der Waals surface area contributed by atoms with E-state index >= 15 is 0 Å². The van der Waals surface area contributed by atoms with E-state index in [0.717, 1.165) is 34.2 Å². The number of para-hydroxylation sites is 1. The first-order valence-electron chi connectivity index (χ1n) is 11.8. The molecule has 0 bridgehead atoms. The van der Waals surface area contributed by atoms with Crippen molar-refractivity contribution in [2.24, 2.45) is 5.92 Å². The number of fused-ring (bicyclic) bond motifs is 1. The molecule has 0 atom stereocenters. The van der Waals surface area contributed by atoms with Crippen LogP contribution in [0.3, 0.4) is 0 Å². The van der Waals surface area contributed by atoms with Crippen molar-refractivity contribution in [1.82, 2.24) is 20.2 Å². The van der Waals surface area contributed by atoms with Crippen molar-refractivity contribution in [3.63, 3.8) is 0 Å². The van der Waals surface area contributed by atoms with Crippen LogP contribution in [0.4, 0.5) is 13.2 Å². The Morgan fingerprint density at radius 3 is 2.58 bits per heavy atom. The molecule has 0 aliphatic rings. The van der Waals surface area contributed by atoms with Gasteiger partial charge in [0.2, 0.25) is 5.89 Å². The first-order chi connectivity index (χ1) is 17.2. The molecule has 2 heterocycles. The number of rotatable bonds is 10. The second-order valence-corrected chi connectivity index (χ2v) is 9.25. The maximum Gasteiger partial charge on any atom is 0.416 e. The summed E-state index contributed by atoms with van der Waals surface area (Å²) in [4.78, 5) is 22.0. The molecular weight excluding hydrogens is 469 g/mol. The van der Waals surface area contributed by atoms with E-state index in [-0.39, 0.29) is 11.6 Å². The van der Waals surface area contributed by atoms with Gasteiger partial charge >= 0.3 is 6.18 Å². The van der Waals surface area contributed by atoms with Gasteiger partial charge < -0.3 is 14.7 Å². The second kappa shape index (κ2) is 11.0. The number of oxazole rings is 1. The van der Waals surface area contributed by atoms with Crippen LogP contribution in [-0.4, -0.2) is 33.9 Å². The van der Waals surface area contributed by atoms with Crippen LogP contribution in [0.1, 0.15) is 46.9 Å². The molecule has 0 spiro atoms. The average molecular weight is 499 g/mol. The zero-order valence-corrected chi connectivity index (χ0v) is 20.2. The molecule has 9 heteroatoms. The Hall–Kier alpha value is -3.59. The highest BCUT2D eigenvalue weighted by Gasteiger charge is 2.30. The Labute approximate surface area is 207 Å². The summed E-state index contributed by atoms with van der Waals surface area (Å²) in [6.07, 6.45) is -0.352. The lowest BCUT2D eigenvalue weighted by Crippen LogP contribution is -2.28. The number of aromatic nitrogens is 2. The Kier molecular flexibility index (Phi) is 7.79. The van der Waals surface area contributed by atoms with Crippen LogP contribution in [0.15, 0.2) is 65.4 Å². The van der Waals surface area contributed by atoms with E-state index in [9.17, 15) is 18.0 Å². The fraction of sp³-hybridized carbons (Fsp3) is 0.333. The van der Waals surface area contributed by atoms with Crippen molar-refractivity contribution in [2.45, 2.75) is 39.5 Å². The third-order valence-electron chi connectivity index (χ3n) is 5.87. The number of halogens is 3. The number of carbonyl (C=O) groups excluding carboxylic acids is 1. The molecule has 2 N–H and O–H groups in total. The van der Waals surface area contributed by atoms with E-state index < -0.39 is 11.7 Å². The second-order valence-electron chi connectivity index (χ2n) is 9.25. The van der Waals surface area contributed by atoms with Crippen molar-refractivity contribution < 1.29 is 22.4 Å². The summed E-state index contributed by atoms with van der Waals surface area (Å²) in [7, 11) is 0. The maximum absolute atomic E-state index is 13.0. The lowest BCUT2D eigenvalue weighted by Gasteiger charge is -2.21. The summed E-state index contributed by atoms with van der Waals surface area (Å²) < 4.78 is 44.5. The monoisotopic (exact) mass is 498 g/mol. The molecule has 0 aliphatic heterocycles. The lowest BCUT2D eigenvalue weighted by molar-refractivity contribution is -0.137. The first-order valence-corrected chi connectivity index (χ1v) is 11.8. The number of benzene rings is 2. The molecule has 1 amide bonds. The normalized spacial score (nSPS) is 12.1. The maximum atomic E-state index is 13.0. The topological polar surface area (TPSA) is 74.2 Å². The smallest absolute Gasteiger partial charge is 0.416 e. The van der Waals surface area contributed by atoms with Crippen LogP contribution in [0.25, 0.3) is 10.9 Å². The number of alkyl halides is 3. The minimum atomic E-state index is -4.38. The van der Waals surface area contributed by atoms with Gasteiger partial charge in [0.1, 0.15) is 6.26 Å². The number of aromatic amines is 1. The summed E-state index contributed by atoms with van der Waals surface area (Å²) in [6.45, 7) is 5.85. The predicted molar refractivity (Wildman–Crippen MR) is 131 cm³/mol. The number of hydrogen-bond acceptors (Lipinski definition) is 4. The van der Waals surface area contributed by atoms with Gasteiger partial charge in [0.25, 0.3) is 5.91 Å². The number of amides is 1. The molecule has 6 nitrogen and oxygen atoms in total. The van der Waals surface area contributed by atoms with Crippen molar-refractivity contribution in [2.75, 3.05) is 13.1 Å². The fourth-order valence-electron chi connectivity index (χ4n) is 3.95. The summed E-state index contributed by atoms with van der Waals surface area (Å²) in [6, 6.07) is 13.2. The predicted octanol–water partition coefficient (Wildman–Crippen LogP) is 5.81. The van der Waals surface area contributed by atoms with Gasteiger partial charge in [0, 0.05) is 36.7 Å². The summed E-state index contributed by atoms with van der Waals surface area (Å²) in [5.41, 5.74) is 2.46. The van der Waals surface area contributed by atoms with Gasteiger partial charge in [-0.3, -0.25) is 9.69 Å². The SMILES string of the molecule is CC(C)CNC(=O)c1coc(CN(CCc2c[nH]c3ccccc23)Cc2ccc(C(F)(F)F)cc2)n1. The molecule has 36 heavy (non-hydrogen) atoms. The lowest BCUT2D eigenvalue weighted by atomic mass is 10.1. The van der Waals surface area contributed by atoms with Gasteiger partial charge in [-0.25, -0.2) is 4.98 Å². The number of nitrogens with one attached hydrogen (secondary N) is 2. The highest BCUT2D eigenvalue weighted by Crippen LogP contribution is 2.29. The minimum absolute atomic E-state index is 0.205. The van der Waals surface area contributed by atoms with E-state index in [1.165, 1.54) is 18.4 Å². The minimum Gasteiger partial charge on any atom is -0.447 e. The van der Waals surface area contributed by atoms with Gasteiger partial charge in [-0.15, -0.1) is 0 Å². The molecule has 4 aromatic rings. The quantitative estimate of drug-likeness (QED) is 0.290. The van der Waals surface area contributed by atoms with Gasteiger partial charge in [-0.2, -0.15) is 13.2 Å². The van der Waals surface area contributed by atoms with Crippen LogP contribution in [-0.2, 0) is 25.7 Å². The third-order valence-corrected chi connectivity index (χ3v) is 5.87. The highest BCUT2D eigenvalue weighted by molar-refractivity contribution is 5.91. The van der Waals surface area contributed by atoms with Gasteiger partial charge in [0.05, 0.1) is 12.1 Å². The van der Waals surface area contributed by atoms with Crippen molar-refractivity contribution in [3.05, 3.63) is 89.3 Å². The largest absolute Gasteiger partial charge is 0.447 e. The molecular formula is C27H29F3N4O2. The number of hydrogen-bond donors (Lipinski definition) is 2. The number of carbonyl (C=O) groups is 1. The molecule has 0 unspecified atom stereocenters. The van der Waals surface area contributed by atoms with Crippen LogP contribution in [0, 0.1) is 5.92 Å². The Balaban J connectivity index is 1.49. The van der Waals surface area contributed by atoms with Crippen LogP contribution >= 0.6 is 0 Å². The molecule has 0 saturated carbocycles. The Morgan fingerprint density at radius 1 is 1.11 bits per heavy atom. The standard InChI is InChI=1S/C27H29F3N4O2/c1-18(2)13-32-26(35)24-17-36-25(33-24)16-34(15-19-7-9-21(10-8-19)27(28,29)30)12-11-20-14-31-23-6-4-3-5-22(20)23/h3-10,14,17-18,31H,11-13,15-16H2,1-2H3,(H,32,35). The van der Waals surface area contributed by atoms with Gasteiger partial charge in [0.15, 0.2) is 5.69 Å². The van der Waals surface area contributed by atoms with E-state index in [2.05, 4.69) is 21.4 Å². The molecule has 0 fully saturated rings. The summed E-state index contributed by atoms with van der Waals surface area (Å²) in [5, 5.41) is 3.94. The van der Waals surface area contributed by atoms with Crippen molar-refractivity contribution >= 4 is 16.8 Å². The van der Waals surface area contributed by atoms with E-state index in [1.807, 2.05) is 43.1 Å². The molecule has 0 radical (unpaired) electrons. The van der Waals surface area contributed by atoms with Gasteiger partial charge in [-0.05, 0) is 41.7 Å². The zero-order valence-electron chi connectivity index (χ0n) is 20.2. The van der Waals surface area contributed by atoms with Crippen molar-refractivity contribution in [1.29, 1.82) is 0 Å². The molecule has 2 aromatic heterocycles. The third kappa shape index (κ3) is 6.54. The highest BCUT2D eigenvalue weighted by atomic mass is 19.4. The van der Waals surface area contributed by atoms with E-state index in [1.54, 1.807) is 0 Å².